The number of nitrogens with zero attached hydrogens (tertiary/aromatic N) is 5. The summed E-state index contributed by atoms with van der Waals surface area (Å²) >= 11 is 0. The van der Waals surface area contributed by atoms with E-state index in [1.807, 2.05) is 53.5 Å². The number of phenols is 2. The molecule has 2 heterocycles. The summed E-state index contributed by atoms with van der Waals surface area (Å²) in [6.45, 7) is 0.341. The van der Waals surface area contributed by atoms with E-state index in [9.17, 15) is 10.2 Å². The average Bonchev–Trinajstić information content (AvgIpc) is 2.83. The van der Waals surface area contributed by atoms with Gasteiger partial charge in [0.2, 0.25) is 5.96 Å². The number of amidine groups is 2. The lowest BCUT2D eigenvalue weighted by Crippen LogP contribution is -2.41. The largest absolute Gasteiger partial charge is 0.508 e. The quantitative estimate of drug-likeness (QED) is 0.616. The molecule has 3 aromatic rings. The van der Waals surface area contributed by atoms with Crippen molar-refractivity contribution in [1.82, 2.24) is 4.90 Å². The molecular formula is C25H19N5O2. The van der Waals surface area contributed by atoms with Crippen LogP contribution in [0.25, 0.3) is 6.08 Å². The fraction of sp³-hybridized carbons (Fsp3) is 0.0400. The molecule has 0 aliphatic carbocycles. The Bertz CT molecular complexity index is 1300. The highest BCUT2D eigenvalue weighted by Crippen LogP contribution is 2.28. The number of aliphatic imine (C=N–C) groups is 4. The van der Waals surface area contributed by atoms with Crippen molar-refractivity contribution < 1.29 is 10.2 Å². The van der Waals surface area contributed by atoms with Crippen LogP contribution in [0.4, 0.5) is 5.69 Å². The molecule has 0 fully saturated rings. The second-order valence-electron chi connectivity index (χ2n) is 7.22. The third kappa shape index (κ3) is 4.04. The summed E-state index contributed by atoms with van der Waals surface area (Å²) in [6.07, 6.45) is 5.52. The van der Waals surface area contributed by atoms with Crippen molar-refractivity contribution in [2.24, 2.45) is 20.0 Å². The molecule has 0 bridgehead atoms. The molecule has 2 aliphatic heterocycles. The van der Waals surface area contributed by atoms with Crippen molar-refractivity contribution in [1.29, 1.82) is 0 Å². The lowest BCUT2D eigenvalue weighted by molar-refractivity contribution is 0.474. The summed E-state index contributed by atoms with van der Waals surface area (Å²) in [4.78, 5) is 20.3. The number of hydrogen-bond donors (Lipinski definition) is 2. The maximum absolute atomic E-state index is 9.48. The highest BCUT2D eigenvalue weighted by atomic mass is 16.3. The van der Waals surface area contributed by atoms with Gasteiger partial charge in [0.05, 0.1) is 5.69 Å². The maximum atomic E-state index is 9.48. The van der Waals surface area contributed by atoms with E-state index in [0.29, 0.717) is 12.6 Å². The maximum Gasteiger partial charge on any atom is 0.248 e. The monoisotopic (exact) mass is 421 g/mol. The molecule has 0 saturated heterocycles. The Balaban J connectivity index is 1.45. The molecule has 7 heteroatoms. The number of rotatable bonds is 3. The van der Waals surface area contributed by atoms with E-state index in [0.717, 1.165) is 34.0 Å². The molecule has 2 N–H and O–H groups in total. The average molecular weight is 421 g/mol. The van der Waals surface area contributed by atoms with Crippen LogP contribution in [0.5, 0.6) is 11.5 Å². The van der Waals surface area contributed by atoms with Crippen molar-refractivity contribution in [3.8, 4) is 11.5 Å². The van der Waals surface area contributed by atoms with Crippen LogP contribution in [0.1, 0.15) is 16.7 Å². The molecule has 0 spiro atoms. The first-order valence-electron chi connectivity index (χ1n) is 10.0. The normalized spacial score (nSPS) is 15.2. The fourth-order valence-corrected chi connectivity index (χ4v) is 3.37. The SMILES string of the molecule is Oc1ccc(/C=C/C2=Nc3ccccc3C3=NC(/N=C/c4ccc(O)cc4)=NCN23)cc1. The minimum Gasteiger partial charge on any atom is -0.508 e. The van der Waals surface area contributed by atoms with Gasteiger partial charge >= 0.3 is 0 Å². The van der Waals surface area contributed by atoms with Crippen molar-refractivity contribution in [3.05, 3.63) is 95.6 Å². The predicted molar refractivity (Wildman–Crippen MR) is 127 cm³/mol. The summed E-state index contributed by atoms with van der Waals surface area (Å²) in [6, 6.07) is 21.6. The number of benzene rings is 3. The van der Waals surface area contributed by atoms with Crippen LogP contribution >= 0.6 is 0 Å². The second kappa shape index (κ2) is 8.31. The van der Waals surface area contributed by atoms with Crippen LogP contribution in [0.2, 0.25) is 0 Å². The lowest BCUT2D eigenvalue weighted by Gasteiger charge is -2.31. The lowest BCUT2D eigenvalue weighted by atomic mass is 10.1. The number of phenolic OH excluding ortho intramolecular Hbond substituents is 2. The van der Waals surface area contributed by atoms with Gasteiger partial charge in [0.15, 0.2) is 0 Å². The van der Waals surface area contributed by atoms with Crippen LogP contribution in [0.15, 0.2) is 98.8 Å². The predicted octanol–water partition coefficient (Wildman–Crippen LogP) is 4.35. The van der Waals surface area contributed by atoms with E-state index in [2.05, 4.69) is 9.98 Å². The van der Waals surface area contributed by atoms with Gasteiger partial charge in [-0.05, 0) is 65.7 Å². The molecule has 5 rings (SSSR count). The molecule has 0 saturated carbocycles. The molecular weight excluding hydrogens is 402 g/mol. The van der Waals surface area contributed by atoms with E-state index in [1.54, 1.807) is 42.6 Å². The van der Waals surface area contributed by atoms with Crippen LogP contribution in [0.3, 0.4) is 0 Å². The Labute approximate surface area is 184 Å². The number of guanidine groups is 1. The summed E-state index contributed by atoms with van der Waals surface area (Å²) in [5, 5.41) is 18.9. The highest BCUT2D eigenvalue weighted by molar-refractivity contribution is 6.22. The minimum absolute atomic E-state index is 0.207. The molecule has 156 valence electrons. The first-order chi connectivity index (χ1) is 15.7. The molecule has 32 heavy (non-hydrogen) atoms. The van der Waals surface area contributed by atoms with Gasteiger partial charge in [0.25, 0.3) is 0 Å². The van der Waals surface area contributed by atoms with Gasteiger partial charge in [0, 0.05) is 11.8 Å². The van der Waals surface area contributed by atoms with E-state index in [4.69, 9.17) is 9.98 Å². The van der Waals surface area contributed by atoms with Gasteiger partial charge in [-0.15, -0.1) is 0 Å². The summed E-state index contributed by atoms with van der Waals surface area (Å²) < 4.78 is 0. The molecule has 0 radical (unpaired) electrons. The zero-order valence-corrected chi connectivity index (χ0v) is 17.0. The fourth-order valence-electron chi connectivity index (χ4n) is 3.37. The first-order valence-corrected chi connectivity index (χ1v) is 10.0. The van der Waals surface area contributed by atoms with Gasteiger partial charge in [-0.1, -0.05) is 30.3 Å². The zero-order valence-electron chi connectivity index (χ0n) is 17.0. The molecule has 2 aliphatic rings. The van der Waals surface area contributed by atoms with E-state index >= 15 is 0 Å². The van der Waals surface area contributed by atoms with Gasteiger partial charge < -0.3 is 10.2 Å². The van der Waals surface area contributed by atoms with Crippen molar-refractivity contribution in [3.63, 3.8) is 0 Å². The van der Waals surface area contributed by atoms with E-state index in [-0.39, 0.29) is 11.5 Å². The first kappa shape index (κ1) is 19.4. The number of para-hydroxylation sites is 1. The van der Waals surface area contributed by atoms with Crippen LogP contribution in [-0.2, 0) is 0 Å². The molecule has 3 aromatic carbocycles. The molecule has 0 unspecified atom stereocenters. The van der Waals surface area contributed by atoms with Gasteiger partial charge in [-0.25, -0.2) is 15.0 Å². The summed E-state index contributed by atoms with van der Waals surface area (Å²) in [5.41, 5.74) is 3.54. The number of hydrogen-bond acceptors (Lipinski definition) is 7. The zero-order chi connectivity index (χ0) is 21.9. The molecule has 0 aromatic heterocycles. The van der Waals surface area contributed by atoms with Crippen molar-refractivity contribution in [2.45, 2.75) is 0 Å². The Morgan fingerprint density at radius 2 is 1.47 bits per heavy atom. The van der Waals surface area contributed by atoms with Crippen LogP contribution in [-0.4, -0.2) is 45.6 Å². The third-order valence-corrected chi connectivity index (χ3v) is 5.01. The summed E-state index contributed by atoms with van der Waals surface area (Å²) in [5.74, 6) is 2.28. The molecule has 7 nitrogen and oxygen atoms in total. The molecule has 0 amide bonds. The number of aromatic hydroxyl groups is 2. The summed E-state index contributed by atoms with van der Waals surface area (Å²) in [7, 11) is 0. The standard InChI is InChI=1S/C25H19N5O2/c31-19-10-5-17(6-11-19)9-14-23-28-22-4-2-1-3-21(22)24-29-25(27-16-30(23)24)26-15-18-7-12-20(32)13-8-18/h1-15,31-32H,16H2/b14-9+,26-15+. The Hall–Kier alpha value is -4.52. The van der Waals surface area contributed by atoms with Crippen LogP contribution < -0.4 is 0 Å². The Morgan fingerprint density at radius 1 is 0.781 bits per heavy atom. The van der Waals surface area contributed by atoms with Gasteiger partial charge in [-0.3, -0.25) is 4.90 Å². The third-order valence-electron chi connectivity index (χ3n) is 5.01. The highest BCUT2D eigenvalue weighted by Gasteiger charge is 2.27. The van der Waals surface area contributed by atoms with Crippen LogP contribution in [0, 0.1) is 0 Å². The van der Waals surface area contributed by atoms with Crippen molar-refractivity contribution in [2.75, 3.05) is 6.67 Å². The topological polar surface area (TPSA) is 93.1 Å². The Morgan fingerprint density at radius 3 is 2.22 bits per heavy atom. The van der Waals surface area contributed by atoms with E-state index < -0.39 is 0 Å². The van der Waals surface area contributed by atoms with Gasteiger partial charge in [-0.2, -0.15) is 4.99 Å². The molecule has 0 atom stereocenters. The second-order valence-corrected chi connectivity index (χ2v) is 7.22. The smallest absolute Gasteiger partial charge is 0.248 e. The van der Waals surface area contributed by atoms with E-state index in [1.165, 1.54) is 0 Å². The number of fused-ring (bicyclic) bond motifs is 3. The van der Waals surface area contributed by atoms with Gasteiger partial charge in [0.1, 0.15) is 29.8 Å². The van der Waals surface area contributed by atoms with Crippen molar-refractivity contribution >= 4 is 35.6 Å². The minimum atomic E-state index is 0.207. The Kier molecular flexibility index (Phi) is 5.05.